The molecule has 0 spiro atoms. The highest BCUT2D eigenvalue weighted by Gasteiger charge is 2.93. The van der Waals surface area contributed by atoms with Gasteiger partial charge in [0, 0.05) is 0 Å². The molecular formula is C16H14F16O2. The van der Waals surface area contributed by atoms with Crippen molar-refractivity contribution in [3.8, 4) is 0 Å². The minimum absolute atomic E-state index is 0.0192. The summed E-state index contributed by atoms with van der Waals surface area (Å²) >= 11 is 0. The number of alkyl halides is 16. The molecule has 34 heavy (non-hydrogen) atoms. The quantitative estimate of drug-likeness (QED) is 0.224. The third kappa shape index (κ3) is 4.48. The monoisotopic (exact) mass is 542 g/mol. The van der Waals surface area contributed by atoms with E-state index in [1.165, 1.54) is 0 Å². The second kappa shape index (κ2) is 9.09. The first-order valence-corrected chi connectivity index (χ1v) is 9.03. The molecule has 0 atom stereocenters. The van der Waals surface area contributed by atoms with E-state index in [0.717, 1.165) is 0 Å². The van der Waals surface area contributed by atoms with Gasteiger partial charge in [0.05, 0.1) is 5.92 Å². The lowest BCUT2D eigenvalue weighted by Gasteiger charge is -2.42. The molecule has 0 aromatic rings. The van der Waals surface area contributed by atoms with Gasteiger partial charge >= 0.3 is 53.9 Å². The second-order valence-electron chi connectivity index (χ2n) is 7.44. The summed E-state index contributed by atoms with van der Waals surface area (Å²) < 4.78 is 215. The van der Waals surface area contributed by atoms with Crippen molar-refractivity contribution < 1.29 is 79.8 Å². The van der Waals surface area contributed by atoms with Crippen LogP contribution in [0.2, 0.25) is 0 Å². The number of rotatable bonds is 10. The highest BCUT2D eigenvalue weighted by Crippen LogP contribution is 2.62. The molecule has 0 heterocycles. The maximum absolute atomic E-state index is 13.7. The molecule has 1 fully saturated rings. The largest absolute Gasteiger partial charge is 0.459 e. The molecule has 0 aromatic carbocycles. The van der Waals surface area contributed by atoms with Crippen molar-refractivity contribution in [1.82, 2.24) is 0 Å². The van der Waals surface area contributed by atoms with Crippen LogP contribution in [0.1, 0.15) is 32.1 Å². The van der Waals surface area contributed by atoms with Gasteiger partial charge in [-0.1, -0.05) is 19.3 Å². The summed E-state index contributed by atoms with van der Waals surface area (Å²) in [6, 6.07) is 0. The van der Waals surface area contributed by atoms with Crippen LogP contribution in [-0.4, -0.2) is 60.5 Å². The van der Waals surface area contributed by atoms with Gasteiger partial charge < -0.3 is 4.74 Å². The van der Waals surface area contributed by atoms with Crippen molar-refractivity contribution in [3.05, 3.63) is 0 Å². The zero-order valence-corrected chi connectivity index (χ0v) is 16.3. The highest BCUT2D eigenvalue weighted by atomic mass is 19.4. The average Bonchev–Trinajstić information content (AvgIpc) is 2.71. The molecule has 202 valence electrons. The minimum atomic E-state index is -8.46. The Morgan fingerprint density at radius 1 is 0.647 bits per heavy atom. The fraction of sp³-hybridized carbons (Fsp3) is 0.938. The van der Waals surface area contributed by atoms with E-state index in [4.69, 9.17) is 0 Å². The zero-order valence-electron chi connectivity index (χ0n) is 16.3. The Hall–Kier alpha value is -1.65. The first-order valence-electron chi connectivity index (χ1n) is 9.03. The Morgan fingerprint density at radius 2 is 1.03 bits per heavy atom. The Kier molecular flexibility index (Phi) is 8.13. The molecular weight excluding hydrogens is 528 g/mol. The van der Waals surface area contributed by atoms with Gasteiger partial charge in [-0.05, 0) is 12.8 Å². The summed E-state index contributed by atoms with van der Waals surface area (Å²) in [7, 11) is 0. The third-order valence-electron chi connectivity index (χ3n) is 5.06. The summed E-state index contributed by atoms with van der Waals surface area (Å²) in [5.74, 6) is -58.0. The fourth-order valence-electron chi connectivity index (χ4n) is 2.88. The van der Waals surface area contributed by atoms with Crippen LogP contribution in [0.5, 0.6) is 0 Å². The van der Waals surface area contributed by atoms with Crippen LogP contribution in [0, 0.1) is 5.92 Å². The lowest BCUT2D eigenvalue weighted by molar-refractivity contribution is -0.447. The SMILES string of the molecule is O=C(OCC(F)(F)C(F)(F)C(F)(F)C(F)(F)C(F)(F)C(F)(F)C(F)(F)C(F)F)C1CCCCC1. The van der Waals surface area contributed by atoms with Crippen LogP contribution in [0.15, 0.2) is 0 Å². The molecule has 2 nitrogen and oxygen atoms in total. The van der Waals surface area contributed by atoms with Gasteiger partial charge in [-0.25, -0.2) is 8.78 Å². The van der Waals surface area contributed by atoms with E-state index in [2.05, 4.69) is 4.74 Å². The number of hydrogen-bond donors (Lipinski definition) is 0. The average molecular weight is 542 g/mol. The van der Waals surface area contributed by atoms with E-state index in [1.54, 1.807) is 0 Å². The van der Waals surface area contributed by atoms with Gasteiger partial charge in [0.25, 0.3) is 0 Å². The summed E-state index contributed by atoms with van der Waals surface area (Å²) in [5, 5.41) is 0. The lowest BCUT2D eigenvalue weighted by atomic mass is 9.89. The molecule has 0 aromatic heterocycles. The van der Waals surface area contributed by atoms with Crippen molar-refractivity contribution >= 4 is 5.97 Å². The van der Waals surface area contributed by atoms with Gasteiger partial charge in [-0.15, -0.1) is 0 Å². The second-order valence-corrected chi connectivity index (χ2v) is 7.44. The molecule has 0 N–H and O–H groups in total. The van der Waals surface area contributed by atoms with E-state index in [0.29, 0.717) is 19.3 Å². The van der Waals surface area contributed by atoms with E-state index in [1.807, 2.05) is 0 Å². The van der Waals surface area contributed by atoms with E-state index in [-0.39, 0.29) is 12.8 Å². The van der Waals surface area contributed by atoms with Crippen molar-refractivity contribution in [2.45, 2.75) is 80.0 Å². The lowest BCUT2D eigenvalue weighted by Crippen LogP contribution is -2.74. The summed E-state index contributed by atoms with van der Waals surface area (Å²) in [6.45, 7) is -3.11. The van der Waals surface area contributed by atoms with Crippen LogP contribution in [0.3, 0.4) is 0 Å². The molecule has 1 rings (SSSR count). The first kappa shape index (κ1) is 30.4. The maximum atomic E-state index is 13.7. The van der Waals surface area contributed by atoms with Crippen LogP contribution in [-0.2, 0) is 9.53 Å². The predicted molar refractivity (Wildman–Crippen MR) is 78.2 cm³/mol. The van der Waals surface area contributed by atoms with Crippen molar-refractivity contribution in [3.63, 3.8) is 0 Å². The van der Waals surface area contributed by atoms with E-state index >= 15 is 0 Å². The highest BCUT2D eigenvalue weighted by molar-refractivity contribution is 5.72. The molecule has 0 bridgehead atoms. The van der Waals surface area contributed by atoms with E-state index in [9.17, 15) is 75.0 Å². The predicted octanol–water partition coefficient (Wildman–Crippen LogP) is 6.82. The normalized spacial score (nSPS) is 18.4. The Balaban J connectivity index is 3.30. The number of halogens is 16. The molecule has 0 aliphatic heterocycles. The Morgan fingerprint density at radius 3 is 1.44 bits per heavy atom. The molecule has 1 saturated carbocycles. The number of hydrogen-bond acceptors (Lipinski definition) is 2. The summed E-state index contributed by atoms with van der Waals surface area (Å²) in [5.41, 5.74) is 0. The standard InChI is InChI=1S/C16H14F16O2/c17-9(18)11(21,22)13(25,26)15(29,30)16(31,32)14(27,28)12(23,24)10(19,20)6-34-8(33)7-4-2-1-3-5-7/h7,9H,1-6H2. The van der Waals surface area contributed by atoms with Crippen LogP contribution in [0.4, 0.5) is 70.2 Å². The van der Waals surface area contributed by atoms with E-state index < -0.39 is 66.4 Å². The van der Waals surface area contributed by atoms with Crippen molar-refractivity contribution in [2.24, 2.45) is 5.92 Å². The Bertz CT molecular complexity index is 727. The topological polar surface area (TPSA) is 26.3 Å². The molecule has 18 heteroatoms. The Labute approximate surface area is 179 Å². The van der Waals surface area contributed by atoms with Crippen molar-refractivity contribution in [2.75, 3.05) is 6.61 Å². The van der Waals surface area contributed by atoms with Gasteiger partial charge in [-0.2, -0.15) is 61.5 Å². The van der Waals surface area contributed by atoms with Gasteiger partial charge in [0.1, 0.15) is 0 Å². The first-order chi connectivity index (χ1) is 14.9. The van der Waals surface area contributed by atoms with Crippen LogP contribution in [0.25, 0.3) is 0 Å². The van der Waals surface area contributed by atoms with Gasteiger partial charge in [-0.3, -0.25) is 4.79 Å². The number of esters is 1. The molecule has 0 radical (unpaired) electrons. The molecule has 0 amide bonds. The summed E-state index contributed by atoms with van der Waals surface area (Å²) in [6.07, 6.45) is -4.68. The van der Waals surface area contributed by atoms with Crippen LogP contribution >= 0.6 is 0 Å². The third-order valence-corrected chi connectivity index (χ3v) is 5.06. The molecule has 0 unspecified atom stereocenters. The number of ether oxygens (including phenoxy) is 1. The van der Waals surface area contributed by atoms with Crippen LogP contribution < -0.4 is 0 Å². The molecule has 0 saturated heterocycles. The van der Waals surface area contributed by atoms with Gasteiger partial charge in [0.15, 0.2) is 6.61 Å². The zero-order chi connectivity index (χ0) is 27.2. The fourth-order valence-corrected chi connectivity index (χ4v) is 2.88. The van der Waals surface area contributed by atoms with Crippen molar-refractivity contribution in [1.29, 1.82) is 0 Å². The number of carbonyl (C=O) groups is 1. The van der Waals surface area contributed by atoms with Gasteiger partial charge in [0.2, 0.25) is 0 Å². The maximum Gasteiger partial charge on any atom is 0.385 e. The summed E-state index contributed by atoms with van der Waals surface area (Å²) in [4.78, 5) is 11.6. The minimum Gasteiger partial charge on any atom is -0.459 e. The molecule has 1 aliphatic rings. The number of carbonyl (C=O) groups excluding carboxylic acids is 1. The molecule has 1 aliphatic carbocycles. The smallest absolute Gasteiger partial charge is 0.385 e.